The third-order valence-corrected chi connectivity index (χ3v) is 2.97. The van der Waals surface area contributed by atoms with Gasteiger partial charge in [-0.1, -0.05) is 0 Å². The van der Waals surface area contributed by atoms with Gasteiger partial charge in [0, 0.05) is 18.0 Å². The highest BCUT2D eigenvalue weighted by Gasteiger charge is 2.22. The van der Waals surface area contributed by atoms with Crippen molar-refractivity contribution in [1.82, 2.24) is 5.32 Å². The fraction of sp³-hybridized carbons (Fsp3) is 0.500. The van der Waals surface area contributed by atoms with Crippen molar-refractivity contribution in [3.05, 3.63) is 24.0 Å². The smallest absolute Gasteiger partial charge is 0.319 e. The number of anilines is 1. The molecule has 0 spiro atoms. The predicted molar refractivity (Wildman–Crippen MR) is 85.3 cm³/mol. The van der Waals surface area contributed by atoms with Crippen molar-refractivity contribution in [3.63, 3.8) is 0 Å². The Labute approximate surface area is 135 Å². The van der Waals surface area contributed by atoms with Crippen molar-refractivity contribution in [1.29, 1.82) is 0 Å². The molecular weight excluding hydrogens is 303 g/mol. The van der Waals surface area contributed by atoms with Crippen molar-refractivity contribution < 1.29 is 23.8 Å². The number of benzene rings is 1. The number of carboxylic acids is 1. The summed E-state index contributed by atoms with van der Waals surface area (Å²) in [5, 5.41) is 14.0. The molecule has 1 aromatic rings. The van der Waals surface area contributed by atoms with E-state index in [-0.39, 0.29) is 24.7 Å². The molecule has 0 fully saturated rings. The Hall–Kier alpha value is -2.31. The number of carboxylic acid groups (broad SMARTS) is 1. The Morgan fingerprint density at radius 3 is 2.57 bits per heavy atom. The minimum atomic E-state index is -0.925. The molecule has 0 aromatic heterocycles. The molecule has 0 aliphatic heterocycles. The lowest BCUT2D eigenvalue weighted by Crippen LogP contribution is -2.45. The second-order valence-corrected chi connectivity index (χ2v) is 6.16. The minimum Gasteiger partial charge on any atom is -0.489 e. The molecule has 0 atom stereocenters. The van der Waals surface area contributed by atoms with Gasteiger partial charge in [-0.3, -0.25) is 4.79 Å². The number of urea groups is 1. The van der Waals surface area contributed by atoms with Crippen LogP contribution in [0.25, 0.3) is 0 Å². The third-order valence-electron chi connectivity index (χ3n) is 2.97. The highest BCUT2D eigenvalue weighted by molar-refractivity contribution is 5.91. The molecule has 0 heterocycles. The summed E-state index contributed by atoms with van der Waals surface area (Å²) in [6.45, 7) is 7.05. The third kappa shape index (κ3) is 6.99. The first-order valence-corrected chi connectivity index (χ1v) is 7.36. The molecule has 128 valence electrons. The maximum Gasteiger partial charge on any atom is 0.319 e. The molecule has 0 aliphatic carbocycles. The summed E-state index contributed by atoms with van der Waals surface area (Å²) in [4.78, 5) is 22.7. The predicted octanol–water partition coefficient (Wildman–Crippen LogP) is 3.38. The Balaban J connectivity index is 2.75. The van der Waals surface area contributed by atoms with Crippen LogP contribution in [0.1, 0.15) is 40.5 Å². The van der Waals surface area contributed by atoms with E-state index >= 15 is 0 Å². The van der Waals surface area contributed by atoms with Gasteiger partial charge in [0.15, 0.2) is 0 Å². The van der Waals surface area contributed by atoms with Crippen molar-refractivity contribution in [2.75, 3.05) is 5.32 Å². The lowest BCUT2D eigenvalue weighted by molar-refractivity contribution is -0.137. The Morgan fingerprint density at radius 1 is 1.35 bits per heavy atom. The minimum absolute atomic E-state index is 0.0501. The number of hydrogen-bond donors (Lipinski definition) is 3. The standard InChI is InChI=1S/C16H23FN2O4/c1-10(2)23-13-9-11(17)5-6-12(13)18-15(22)19-16(3,4)8-7-14(20)21/h5-6,9-10H,7-8H2,1-4H3,(H,20,21)(H2,18,19,22). The van der Waals surface area contributed by atoms with Crippen LogP contribution in [0.4, 0.5) is 14.9 Å². The number of hydrogen-bond acceptors (Lipinski definition) is 3. The Bertz CT molecular complexity index is 573. The first kappa shape index (κ1) is 18.7. The SMILES string of the molecule is CC(C)Oc1cc(F)ccc1NC(=O)NC(C)(C)CCC(=O)O. The lowest BCUT2D eigenvalue weighted by atomic mass is 9.99. The van der Waals surface area contributed by atoms with Gasteiger partial charge in [-0.2, -0.15) is 0 Å². The molecular formula is C16H23FN2O4. The van der Waals surface area contributed by atoms with Crippen molar-refractivity contribution in [2.45, 2.75) is 52.2 Å². The van der Waals surface area contributed by atoms with Crippen LogP contribution in [0.15, 0.2) is 18.2 Å². The van der Waals surface area contributed by atoms with Gasteiger partial charge in [0.1, 0.15) is 11.6 Å². The van der Waals surface area contributed by atoms with E-state index in [9.17, 15) is 14.0 Å². The molecule has 0 radical (unpaired) electrons. The van der Waals surface area contributed by atoms with Gasteiger partial charge in [-0.05, 0) is 46.2 Å². The first-order valence-electron chi connectivity index (χ1n) is 7.36. The molecule has 0 unspecified atom stereocenters. The van der Waals surface area contributed by atoms with Crippen LogP contribution in [-0.2, 0) is 4.79 Å². The van der Waals surface area contributed by atoms with Gasteiger partial charge in [-0.15, -0.1) is 0 Å². The van der Waals surface area contributed by atoms with Crippen LogP contribution >= 0.6 is 0 Å². The zero-order valence-electron chi connectivity index (χ0n) is 13.8. The quantitative estimate of drug-likeness (QED) is 0.717. The van der Waals surface area contributed by atoms with E-state index in [1.54, 1.807) is 27.7 Å². The number of carbonyl (C=O) groups is 2. The molecule has 7 heteroatoms. The van der Waals surface area contributed by atoms with E-state index in [0.29, 0.717) is 5.69 Å². The molecule has 0 saturated heterocycles. The highest BCUT2D eigenvalue weighted by Crippen LogP contribution is 2.26. The normalized spacial score (nSPS) is 11.2. The topological polar surface area (TPSA) is 87.7 Å². The van der Waals surface area contributed by atoms with Gasteiger partial charge in [0.2, 0.25) is 0 Å². The number of ether oxygens (including phenoxy) is 1. The molecule has 23 heavy (non-hydrogen) atoms. The van der Waals surface area contributed by atoms with Crippen LogP contribution in [0.2, 0.25) is 0 Å². The molecule has 0 bridgehead atoms. The average molecular weight is 326 g/mol. The monoisotopic (exact) mass is 326 g/mol. The first-order chi connectivity index (χ1) is 10.6. The fourth-order valence-electron chi connectivity index (χ4n) is 1.89. The van der Waals surface area contributed by atoms with E-state index < -0.39 is 23.4 Å². The number of amides is 2. The Kier molecular flexibility index (Phi) is 6.36. The second kappa shape index (κ2) is 7.80. The molecule has 1 aromatic carbocycles. The molecule has 2 amide bonds. The van der Waals surface area contributed by atoms with E-state index in [1.165, 1.54) is 18.2 Å². The van der Waals surface area contributed by atoms with Gasteiger partial charge >= 0.3 is 12.0 Å². The highest BCUT2D eigenvalue weighted by atomic mass is 19.1. The van der Waals surface area contributed by atoms with Crippen molar-refractivity contribution in [3.8, 4) is 5.75 Å². The van der Waals surface area contributed by atoms with Crippen LogP contribution in [-0.4, -0.2) is 28.7 Å². The number of carbonyl (C=O) groups excluding carboxylic acids is 1. The van der Waals surface area contributed by atoms with E-state index in [1.807, 2.05) is 0 Å². The van der Waals surface area contributed by atoms with Crippen LogP contribution in [0.5, 0.6) is 5.75 Å². The number of aliphatic carboxylic acids is 1. The van der Waals surface area contributed by atoms with Gasteiger partial charge in [0.25, 0.3) is 0 Å². The second-order valence-electron chi connectivity index (χ2n) is 6.16. The van der Waals surface area contributed by atoms with Gasteiger partial charge in [0.05, 0.1) is 11.8 Å². The molecule has 6 nitrogen and oxygen atoms in total. The summed E-state index contributed by atoms with van der Waals surface area (Å²) in [5.41, 5.74) is -0.353. The molecule has 3 N–H and O–H groups in total. The zero-order valence-corrected chi connectivity index (χ0v) is 13.8. The van der Waals surface area contributed by atoms with Crippen LogP contribution < -0.4 is 15.4 Å². The number of nitrogens with one attached hydrogen (secondary N) is 2. The van der Waals surface area contributed by atoms with Crippen molar-refractivity contribution in [2.24, 2.45) is 0 Å². The number of rotatable bonds is 7. The maximum absolute atomic E-state index is 13.3. The zero-order chi connectivity index (χ0) is 17.6. The van der Waals surface area contributed by atoms with E-state index in [2.05, 4.69) is 10.6 Å². The van der Waals surface area contributed by atoms with Crippen LogP contribution in [0, 0.1) is 5.82 Å². The summed E-state index contributed by atoms with van der Waals surface area (Å²) in [5.74, 6) is -1.15. The summed E-state index contributed by atoms with van der Waals surface area (Å²) in [6.07, 6.45) is 0.0625. The summed E-state index contributed by atoms with van der Waals surface area (Å²) >= 11 is 0. The molecule has 0 aliphatic rings. The summed E-state index contributed by atoms with van der Waals surface area (Å²) < 4.78 is 18.8. The molecule has 1 rings (SSSR count). The van der Waals surface area contributed by atoms with Gasteiger partial charge in [-0.25, -0.2) is 9.18 Å². The lowest BCUT2D eigenvalue weighted by Gasteiger charge is -2.26. The largest absolute Gasteiger partial charge is 0.489 e. The van der Waals surface area contributed by atoms with Gasteiger partial charge < -0.3 is 20.5 Å². The number of halogens is 1. The van der Waals surface area contributed by atoms with E-state index in [4.69, 9.17) is 9.84 Å². The summed E-state index contributed by atoms with van der Waals surface area (Å²) in [7, 11) is 0. The van der Waals surface area contributed by atoms with E-state index in [0.717, 1.165) is 0 Å². The maximum atomic E-state index is 13.3. The van der Waals surface area contributed by atoms with Crippen LogP contribution in [0.3, 0.4) is 0 Å². The fourth-order valence-corrected chi connectivity index (χ4v) is 1.89. The molecule has 0 saturated carbocycles. The average Bonchev–Trinajstić information content (AvgIpc) is 2.38. The van der Waals surface area contributed by atoms with Crippen molar-refractivity contribution >= 4 is 17.7 Å². The Morgan fingerprint density at radius 2 is 2.00 bits per heavy atom. The summed E-state index contributed by atoms with van der Waals surface area (Å²) in [6, 6.07) is 3.32.